The molecule has 0 bridgehead atoms. The van der Waals surface area contributed by atoms with Gasteiger partial charge in [0, 0.05) is 38.9 Å². The minimum absolute atomic E-state index is 0.109. The molecule has 2 aromatic carbocycles. The summed E-state index contributed by atoms with van der Waals surface area (Å²) in [4.78, 5) is 16.0. The Morgan fingerprint density at radius 3 is 2.71 bits per heavy atom. The third-order valence-corrected chi connectivity index (χ3v) is 5.35. The molecular formula is C20H22Cl2FN3O2. The van der Waals surface area contributed by atoms with E-state index in [1.165, 1.54) is 17.0 Å². The summed E-state index contributed by atoms with van der Waals surface area (Å²) in [5, 5.41) is 3.95. The van der Waals surface area contributed by atoms with E-state index in [1.807, 2.05) is 12.1 Å². The quantitative estimate of drug-likeness (QED) is 0.781. The van der Waals surface area contributed by atoms with E-state index in [0.29, 0.717) is 35.4 Å². The van der Waals surface area contributed by atoms with Crippen LogP contribution in [0.4, 0.5) is 14.9 Å². The molecule has 0 saturated carbocycles. The molecule has 2 amide bonds. The number of rotatable bonds is 5. The molecule has 2 aromatic rings. The van der Waals surface area contributed by atoms with Crippen LogP contribution in [-0.2, 0) is 11.3 Å². The van der Waals surface area contributed by atoms with Gasteiger partial charge in [-0.05, 0) is 42.0 Å². The summed E-state index contributed by atoms with van der Waals surface area (Å²) in [6.07, 6.45) is -0.109. The number of hydrogen-bond acceptors (Lipinski definition) is 3. The lowest BCUT2D eigenvalue weighted by Gasteiger charge is -2.33. The number of carbonyl (C=O) groups excluding carboxylic acids is 1. The molecule has 5 nitrogen and oxygen atoms in total. The summed E-state index contributed by atoms with van der Waals surface area (Å²) >= 11 is 12.1. The number of amides is 2. The first-order valence-electron chi connectivity index (χ1n) is 8.97. The van der Waals surface area contributed by atoms with Crippen molar-refractivity contribution in [3.05, 3.63) is 63.9 Å². The van der Waals surface area contributed by atoms with Gasteiger partial charge in [0.1, 0.15) is 5.82 Å². The Bertz CT molecular complexity index is 820. The van der Waals surface area contributed by atoms with Gasteiger partial charge in [-0.2, -0.15) is 0 Å². The summed E-state index contributed by atoms with van der Waals surface area (Å²) in [6.45, 7) is 3.22. The summed E-state index contributed by atoms with van der Waals surface area (Å²) < 4.78 is 18.8. The maximum absolute atomic E-state index is 13.0. The Balaban J connectivity index is 1.49. The largest absolute Gasteiger partial charge is 0.374 e. The van der Waals surface area contributed by atoms with Gasteiger partial charge in [-0.1, -0.05) is 29.3 Å². The molecule has 1 atom stereocenters. The minimum atomic E-state index is -0.338. The van der Waals surface area contributed by atoms with Crippen molar-refractivity contribution in [1.82, 2.24) is 10.2 Å². The van der Waals surface area contributed by atoms with Crippen LogP contribution in [0.15, 0.2) is 42.5 Å². The molecule has 8 heteroatoms. The third kappa shape index (κ3) is 5.58. The number of nitrogens with zero attached hydrogens (tertiary/aromatic N) is 2. The number of hydrogen-bond donors (Lipinski definition) is 1. The molecule has 1 aliphatic rings. The molecule has 28 heavy (non-hydrogen) atoms. The number of morpholine rings is 1. The van der Waals surface area contributed by atoms with Crippen molar-refractivity contribution >= 4 is 34.9 Å². The Morgan fingerprint density at radius 2 is 2.00 bits per heavy atom. The van der Waals surface area contributed by atoms with Gasteiger partial charge in [-0.25, -0.2) is 9.18 Å². The van der Waals surface area contributed by atoms with Crippen LogP contribution in [0.1, 0.15) is 5.56 Å². The van der Waals surface area contributed by atoms with E-state index in [1.54, 1.807) is 25.2 Å². The maximum Gasteiger partial charge on any atom is 0.321 e. The van der Waals surface area contributed by atoms with Crippen molar-refractivity contribution in [2.24, 2.45) is 0 Å². The lowest BCUT2D eigenvalue weighted by molar-refractivity contribution is -0.0286. The first-order valence-corrected chi connectivity index (χ1v) is 9.73. The highest BCUT2D eigenvalue weighted by molar-refractivity contribution is 6.42. The highest BCUT2D eigenvalue weighted by Gasteiger charge is 2.22. The summed E-state index contributed by atoms with van der Waals surface area (Å²) in [7, 11) is 1.64. The second kappa shape index (κ2) is 9.56. The third-order valence-electron chi connectivity index (χ3n) is 4.61. The van der Waals surface area contributed by atoms with Gasteiger partial charge in [0.05, 0.1) is 22.8 Å². The molecule has 3 rings (SSSR count). The Hall–Kier alpha value is -1.86. The predicted molar refractivity (Wildman–Crippen MR) is 110 cm³/mol. The van der Waals surface area contributed by atoms with Crippen LogP contribution in [0, 0.1) is 5.82 Å². The number of urea groups is 1. The smallest absolute Gasteiger partial charge is 0.321 e. The average molecular weight is 426 g/mol. The molecule has 1 fully saturated rings. The predicted octanol–water partition coefficient (Wildman–Crippen LogP) is 4.18. The first-order chi connectivity index (χ1) is 13.4. The van der Waals surface area contributed by atoms with E-state index in [0.717, 1.165) is 18.7 Å². The van der Waals surface area contributed by atoms with Crippen LogP contribution in [-0.4, -0.2) is 50.3 Å². The van der Waals surface area contributed by atoms with Crippen LogP contribution in [0.3, 0.4) is 0 Å². The number of nitrogens with one attached hydrogen (secondary N) is 1. The second-order valence-corrected chi connectivity index (χ2v) is 7.51. The van der Waals surface area contributed by atoms with E-state index >= 15 is 0 Å². The molecule has 1 aliphatic heterocycles. The van der Waals surface area contributed by atoms with Crippen LogP contribution in [0.2, 0.25) is 10.0 Å². The van der Waals surface area contributed by atoms with Gasteiger partial charge in [-0.3, -0.25) is 9.80 Å². The Kier molecular flexibility index (Phi) is 7.13. The number of ether oxygens (including phenoxy) is 1. The van der Waals surface area contributed by atoms with Gasteiger partial charge in [-0.15, -0.1) is 0 Å². The zero-order chi connectivity index (χ0) is 20.1. The zero-order valence-corrected chi connectivity index (χ0v) is 17.0. The SMILES string of the molecule is CN(C(=O)NCC1CN(Cc2ccc(Cl)c(Cl)c2)CCO1)c1ccc(F)cc1. The van der Waals surface area contributed by atoms with Crippen molar-refractivity contribution < 1.29 is 13.9 Å². The van der Waals surface area contributed by atoms with Crippen molar-refractivity contribution in [1.29, 1.82) is 0 Å². The lowest BCUT2D eigenvalue weighted by atomic mass is 10.2. The normalized spacial score (nSPS) is 17.4. The Labute approximate surface area is 174 Å². The first kappa shape index (κ1) is 20.9. The van der Waals surface area contributed by atoms with Gasteiger partial charge in [0.2, 0.25) is 0 Å². The van der Waals surface area contributed by atoms with Gasteiger partial charge in [0.15, 0.2) is 0 Å². The maximum atomic E-state index is 13.0. The molecule has 0 radical (unpaired) electrons. The van der Waals surface area contributed by atoms with E-state index in [-0.39, 0.29) is 18.0 Å². The molecule has 0 spiro atoms. The molecule has 0 aromatic heterocycles. The fraction of sp³-hybridized carbons (Fsp3) is 0.350. The molecule has 1 unspecified atom stereocenters. The number of benzene rings is 2. The van der Waals surface area contributed by atoms with E-state index in [2.05, 4.69) is 10.2 Å². The summed E-state index contributed by atoms with van der Waals surface area (Å²) in [5.41, 5.74) is 1.69. The van der Waals surface area contributed by atoms with Gasteiger partial charge in [0.25, 0.3) is 0 Å². The second-order valence-electron chi connectivity index (χ2n) is 6.70. The van der Waals surface area contributed by atoms with Crippen molar-refractivity contribution in [3.8, 4) is 0 Å². The van der Waals surface area contributed by atoms with E-state index in [9.17, 15) is 9.18 Å². The summed E-state index contributed by atoms with van der Waals surface area (Å²) in [5.74, 6) is -0.338. The van der Waals surface area contributed by atoms with E-state index in [4.69, 9.17) is 27.9 Å². The topological polar surface area (TPSA) is 44.8 Å². The van der Waals surface area contributed by atoms with Gasteiger partial charge < -0.3 is 10.1 Å². The Morgan fingerprint density at radius 1 is 1.25 bits per heavy atom. The molecular weight excluding hydrogens is 404 g/mol. The lowest BCUT2D eigenvalue weighted by Crippen LogP contribution is -2.49. The molecule has 1 heterocycles. The number of halogens is 3. The van der Waals surface area contributed by atoms with Crippen LogP contribution in [0.5, 0.6) is 0 Å². The molecule has 1 N–H and O–H groups in total. The molecule has 1 saturated heterocycles. The number of anilines is 1. The standard InChI is InChI=1S/C20H22Cl2FN3O2/c1-25(16-5-3-15(23)4-6-16)20(27)24-11-17-13-26(8-9-28-17)12-14-2-7-18(21)19(22)10-14/h2-7,10,17H,8-9,11-13H2,1H3,(H,24,27). The van der Waals surface area contributed by atoms with Crippen molar-refractivity contribution in [3.63, 3.8) is 0 Å². The van der Waals surface area contributed by atoms with Gasteiger partial charge >= 0.3 is 6.03 Å². The van der Waals surface area contributed by atoms with E-state index < -0.39 is 0 Å². The fourth-order valence-electron chi connectivity index (χ4n) is 3.05. The molecule has 150 valence electrons. The van der Waals surface area contributed by atoms with Crippen molar-refractivity contribution in [2.75, 3.05) is 38.2 Å². The zero-order valence-electron chi connectivity index (χ0n) is 15.5. The fourth-order valence-corrected chi connectivity index (χ4v) is 3.37. The highest BCUT2D eigenvalue weighted by Crippen LogP contribution is 2.23. The van der Waals surface area contributed by atoms with Crippen LogP contribution < -0.4 is 10.2 Å². The monoisotopic (exact) mass is 425 g/mol. The van der Waals surface area contributed by atoms with Crippen LogP contribution >= 0.6 is 23.2 Å². The summed E-state index contributed by atoms with van der Waals surface area (Å²) in [6, 6.07) is 11.1. The number of carbonyl (C=O) groups is 1. The molecule has 0 aliphatic carbocycles. The highest BCUT2D eigenvalue weighted by atomic mass is 35.5. The van der Waals surface area contributed by atoms with Crippen molar-refractivity contribution in [2.45, 2.75) is 12.6 Å². The minimum Gasteiger partial charge on any atom is -0.374 e. The van der Waals surface area contributed by atoms with Crippen LogP contribution in [0.25, 0.3) is 0 Å². The average Bonchev–Trinajstić information content (AvgIpc) is 2.69.